The minimum Gasteiger partial charge on any atom is -0.395 e. The molecule has 0 saturated heterocycles. The molecule has 0 spiro atoms. The van der Waals surface area contributed by atoms with Crippen LogP contribution in [-0.2, 0) is 6.42 Å². The van der Waals surface area contributed by atoms with Crippen LogP contribution in [0.2, 0.25) is 0 Å². The van der Waals surface area contributed by atoms with Crippen molar-refractivity contribution >= 4 is 0 Å². The van der Waals surface area contributed by atoms with Gasteiger partial charge in [-0.05, 0) is 18.9 Å². The summed E-state index contributed by atoms with van der Waals surface area (Å²) in [6, 6.07) is 8.44. The van der Waals surface area contributed by atoms with Crippen LogP contribution in [0.25, 0.3) is 0 Å². The van der Waals surface area contributed by atoms with E-state index in [1.54, 1.807) is 0 Å². The molecular formula is C15H27NO2. The Labute approximate surface area is 111 Å². The Morgan fingerprint density at radius 2 is 1.61 bits per heavy atom. The minimum absolute atomic E-state index is 0.147. The van der Waals surface area contributed by atoms with E-state index in [-0.39, 0.29) is 13.2 Å². The first-order valence-corrected chi connectivity index (χ1v) is 6.76. The SMILES string of the molecule is CC.Cc1cccc(CCN(CCO)CCO)c1. The Morgan fingerprint density at radius 1 is 1.00 bits per heavy atom. The van der Waals surface area contributed by atoms with E-state index in [9.17, 15) is 0 Å². The van der Waals surface area contributed by atoms with Crippen LogP contribution in [0.3, 0.4) is 0 Å². The molecule has 18 heavy (non-hydrogen) atoms. The summed E-state index contributed by atoms with van der Waals surface area (Å²) in [7, 11) is 0. The molecule has 0 heterocycles. The lowest BCUT2D eigenvalue weighted by Crippen LogP contribution is -2.31. The third kappa shape index (κ3) is 7.43. The summed E-state index contributed by atoms with van der Waals surface area (Å²) in [5.74, 6) is 0. The largest absolute Gasteiger partial charge is 0.395 e. The highest BCUT2D eigenvalue weighted by Crippen LogP contribution is 2.05. The van der Waals surface area contributed by atoms with Crippen molar-refractivity contribution in [1.82, 2.24) is 4.90 Å². The topological polar surface area (TPSA) is 43.7 Å². The Hall–Kier alpha value is -0.900. The Balaban J connectivity index is 0.00000137. The molecule has 0 atom stereocenters. The predicted octanol–water partition coefficient (Wildman–Crippen LogP) is 1.85. The smallest absolute Gasteiger partial charge is 0.0558 e. The van der Waals surface area contributed by atoms with E-state index in [1.807, 2.05) is 13.8 Å². The summed E-state index contributed by atoms with van der Waals surface area (Å²) in [5, 5.41) is 17.8. The number of hydrogen-bond donors (Lipinski definition) is 2. The average Bonchev–Trinajstić information content (AvgIpc) is 2.39. The van der Waals surface area contributed by atoms with Gasteiger partial charge in [-0.25, -0.2) is 0 Å². The molecule has 0 aliphatic rings. The first-order valence-electron chi connectivity index (χ1n) is 6.76. The highest BCUT2D eigenvalue weighted by molar-refractivity contribution is 5.22. The molecule has 0 aliphatic carbocycles. The second kappa shape index (κ2) is 11.2. The molecule has 0 fully saturated rings. The van der Waals surface area contributed by atoms with Crippen LogP contribution in [0.15, 0.2) is 24.3 Å². The van der Waals surface area contributed by atoms with Crippen LogP contribution < -0.4 is 0 Å². The Kier molecular flexibility index (Phi) is 10.6. The van der Waals surface area contributed by atoms with Gasteiger partial charge >= 0.3 is 0 Å². The number of aliphatic hydroxyl groups excluding tert-OH is 2. The second-order valence-corrected chi connectivity index (χ2v) is 4.03. The molecule has 0 saturated carbocycles. The van der Waals surface area contributed by atoms with Crippen molar-refractivity contribution in [1.29, 1.82) is 0 Å². The molecule has 1 aromatic carbocycles. The summed E-state index contributed by atoms with van der Waals surface area (Å²) in [6.07, 6.45) is 0.960. The standard InChI is InChI=1S/C13H21NO2.C2H6/c1-12-3-2-4-13(11-12)5-6-14(7-9-15)8-10-16;1-2/h2-4,11,15-16H,5-10H2,1H3;1-2H3. The summed E-state index contributed by atoms with van der Waals surface area (Å²) >= 11 is 0. The highest BCUT2D eigenvalue weighted by atomic mass is 16.3. The number of aliphatic hydroxyl groups is 2. The zero-order chi connectivity index (χ0) is 13.8. The molecule has 1 rings (SSSR count). The molecule has 3 nitrogen and oxygen atoms in total. The average molecular weight is 253 g/mol. The van der Waals surface area contributed by atoms with Gasteiger partial charge in [0.05, 0.1) is 13.2 Å². The third-order valence-corrected chi connectivity index (χ3v) is 2.63. The predicted molar refractivity (Wildman–Crippen MR) is 76.8 cm³/mol. The van der Waals surface area contributed by atoms with E-state index >= 15 is 0 Å². The molecule has 0 unspecified atom stereocenters. The second-order valence-electron chi connectivity index (χ2n) is 4.03. The Morgan fingerprint density at radius 3 is 2.11 bits per heavy atom. The van der Waals surface area contributed by atoms with Crippen LogP contribution in [0.1, 0.15) is 25.0 Å². The molecule has 0 aliphatic heterocycles. The molecular weight excluding hydrogens is 226 g/mol. The quantitative estimate of drug-likeness (QED) is 0.779. The molecule has 0 radical (unpaired) electrons. The summed E-state index contributed by atoms with van der Waals surface area (Å²) in [6.45, 7) is 8.52. The van der Waals surface area contributed by atoms with E-state index in [2.05, 4.69) is 36.1 Å². The van der Waals surface area contributed by atoms with Crippen LogP contribution in [0.4, 0.5) is 0 Å². The first-order chi connectivity index (χ1) is 8.76. The van der Waals surface area contributed by atoms with Gasteiger partial charge in [-0.1, -0.05) is 43.7 Å². The monoisotopic (exact) mass is 253 g/mol. The van der Waals surface area contributed by atoms with Gasteiger partial charge in [0, 0.05) is 19.6 Å². The van der Waals surface area contributed by atoms with Crippen molar-refractivity contribution in [2.75, 3.05) is 32.8 Å². The van der Waals surface area contributed by atoms with Crippen LogP contribution in [0, 0.1) is 6.92 Å². The molecule has 0 bridgehead atoms. The van der Waals surface area contributed by atoms with E-state index in [0.29, 0.717) is 13.1 Å². The number of nitrogens with zero attached hydrogens (tertiary/aromatic N) is 1. The van der Waals surface area contributed by atoms with Crippen molar-refractivity contribution in [2.45, 2.75) is 27.2 Å². The van der Waals surface area contributed by atoms with Gasteiger partial charge in [0.2, 0.25) is 0 Å². The van der Waals surface area contributed by atoms with Crippen LogP contribution in [0.5, 0.6) is 0 Å². The third-order valence-electron chi connectivity index (χ3n) is 2.63. The van der Waals surface area contributed by atoms with Gasteiger partial charge in [0.1, 0.15) is 0 Å². The van der Waals surface area contributed by atoms with Gasteiger partial charge < -0.3 is 10.2 Å². The molecule has 2 N–H and O–H groups in total. The molecule has 0 aromatic heterocycles. The van der Waals surface area contributed by atoms with Gasteiger partial charge in [-0.3, -0.25) is 4.90 Å². The van der Waals surface area contributed by atoms with E-state index < -0.39 is 0 Å². The lowest BCUT2D eigenvalue weighted by Gasteiger charge is -2.19. The number of rotatable bonds is 7. The fraction of sp³-hybridized carbons (Fsp3) is 0.600. The molecule has 0 amide bonds. The van der Waals surface area contributed by atoms with Gasteiger partial charge in [-0.15, -0.1) is 0 Å². The summed E-state index contributed by atoms with van der Waals surface area (Å²) in [5.41, 5.74) is 2.58. The van der Waals surface area contributed by atoms with Crippen molar-refractivity contribution in [3.05, 3.63) is 35.4 Å². The van der Waals surface area contributed by atoms with E-state index in [0.717, 1.165) is 13.0 Å². The van der Waals surface area contributed by atoms with Crippen LogP contribution >= 0.6 is 0 Å². The van der Waals surface area contributed by atoms with E-state index in [4.69, 9.17) is 10.2 Å². The van der Waals surface area contributed by atoms with Crippen molar-refractivity contribution in [3.63, 3.8) is 0 Å². The summed E-state index contributed by atoms with van der Waals surface area (Å²) < 4.78 is 0. The normalized spacial score (nSPS) is 10.1. The fourth-order valence-corrected chi connectivity index (χ4v) is 1.77. The zero-order valence-electron chi connectivity index (χ0n) is 11.9. The summed E-state index contributed by atoms with van der Waals surface area (Å²) in [4.78, 5) is 2.07. The molecule has 1 aromatic rings. The minimum atomic E-state index is 0.147. The molecule has 3 heteroatoms. The number of benzene rings is 1. The van der Waals surface area contributed by atoms with Gasteiger partial charge in [0.15, 0.2) is 0 Å². The zero-order valence-corrected chi connectivity index (χ0v) is 11.9. The number of aryl methyl sites for hydroxylation is 1. The van der Waals surface area contributed by atoms with Crippen molar-refractivity contribution in [3.8, 4) is 0 Å². The maximum absolute atomic E-state index is 8.88. The molecule has 104 valence electrons. The van der Waals surface area contributed by atoms with Crippen LogP contribution in [-0.4, -0.2) is 48.0 Å². The van der Waals surface area contributed by atoms with E-state index in [1.165, 1.54) is 11.1 Å². The fourth-order valence-electron chi connectivity index (χ4n) is 1.77. The lowest BCUT2D eigenvalue weighted by atomic mass is 10.1. The van der Waals surface area contributed by atoms with Crippen molar-refractivity contribution in [2.24, 2.45) is 0 Å². The maximum Gasteiger partial charge on any atom is 0.0558 e. The van der Waals surface area contributed by atoms with Crippen molar-refractivity contribution < 1.29 is 10.2 Å². The lowest BCUT2D eigenvalue weighted by molar-refractivity contribution is 0.162. The highest BCUT2D eigenvalue weighted by Gasteiger charge is 2.03. The maximum atomic E-state index is 8.88. The van der Waals surface area contributed by atoms with Gasteiger partial charge in [-0.2, -0.15) is 0 Å². The first kappa shape index (κ1) is 17.1. The van der Waals surface area contributed by atoms with Gasteiger partial charge in [0.25, 0.3) is 0 Å². The number of hydrogen-bond acceptors (Lipinski definition) is 3. The Bertz CT molecular complexity index is 296.